The molecule has 2 N–H and O–H groups in total. The van der Waals surface area contributed by atoms with Crippen LogP contribution < -0.4 is 5.32 Å². The van der Waals surface area contributed by atoms with Crippen LogP contribution in [0.1, 0.15) is 39.0 Å². The number of aromatic nitrogens is 2. The van der Waals surface area contributed by atoms with Gasteiger partial charge in [0, 0.05) is 19.3 Å². The minimum atomic E-state index is -0.465. The molecule has 0 aliphatic carbocycles. The Morgan fingerprint density at radius 3 is 2.81 bits per heavy atom. The Kier molecular flexibility index (Phi) is 5.49. The first-order valence-corrected chi connectivity index (χ1v) is 6.05. The summed E-state index contributed by atoms with van der Waals surface area (Å²) in [4.78, 5) is 0. The molecule has 0 amide bonds. The predicted molar refractivity (Wildman–Crippen MR) is 65.2 cm³/mol. The van der Waals surface area contributed by atoms with E-state index in [0.717, 1.165) is 25.2 Å². The summed E-state index contributed by atoms with van der Waals surface area (Å²) in [6, 6.07) is 1.89. The molecule has 16 heavy (non-hydrogen) atoms. The molecule has 0 fully saturated rings. The Balaban J connectivity index is 2.45. The molecule has 1 rings (SSSR count). The lowest BCUT2D eigenvalue weighted by atomic mass is 10.2. The molecular weight excluding hydrogens is 202 g/mol. The first-order chi connectivity index (χ1) is 7.65. The molecule has 1 aromatic heterocycles. The van der Waals surface area contributed by atoms with Crippen molar-refractivity contribution in [2.45, 2.75) is 39.8 Å². The normalized spacial score (nSPS) is 13.3. The summed E-state index contributed by atoms with van der Waals surface area (Å²) in [6.07, 6.45) is 2.31. The third-order valence-electron chi connectivity index (χ3n) is 2.42. The molecule has 1 unspecified atom stereocenters. The van der Waals surface area contributed by atoms with E-state index in [0.29, 0.717) is 12.5 Å². The molecule has 0 aliphatic rings. The fourth-order valence-corrected chi connectivity index (χ4v) is 1.64. The van der Waals surface area contributed by atoms with Crippen LogP contribution in [0.2, 0.25) is 0 Å². The first-order valence-electron chi connectivity index (χ1n) is 6.05. The average molecular weight is 225 g/mol. The van der Waals surface area contributed by atoms with E-state index in [9.17, 15) is 5.11 Å². The Labute approximate surface area is 97.7 Å². The minimum absolute atomic E-state index is 0.465. The molecule has 1 atom stereocenters. The van der Waals surface area contributed by atoms with Gasteiger partial charge in [-0.2, -0.15) is 5.10 Å². The maximum atomic E-state index is 10.0. The first kappa shape index (κ1) is 13.2. The van der Waals surface area contributed by atoms with Gasteiger partial charge in [0.1, 0.15) is 6.10 Å². The molecule has 0 bridgehead atoms. The fourth-order valence-electron chi connectivity index (χ4n) is 1.64. The van der Waals surface area contributed by atoms with Crippen molar-refractivity contribution in [3.8, 4) is 0 Å². The van der Waals surface area contributed by atoms with Gasteiger partial charge in [0.05, 0.1) is 5.69 Å². The van der Waals surface area contributed by atoms with Crippen LogP contribution in [0.15, 0.2) is 12.3 Å². The monoisotopic (exact) mass is 225 g/mol. The highest BCUT2D eigenvalue weighted by atomic mass is 16.3. The van der Waals surface area contributed by atoms with E-state index >= 15 is 0 Å². The van der Waals surface area contributed by atoms with Crippen molar-refractivity contribution in [3.63, 3.8) is 0 Å². The largest absolute Gasteiger partial charge is 0.385 e. The predicted octanol–water partition coefficient (Wildman–Crippen LogP) is 1.57. The van der Waals surface area contributed by atoms with Crippen molar-refractivity contribution in [3.05, 3.63) is 18.0 Å². The van der Waals surface area contributed by atoms with Crippen LogP contribution in [-0.2, 0) is 6.54 Å². The summed E-state index contributed by atoms with van der Waals surface area (Å²) in [6.45, 7) is 8.80. The standard InChI is InChI=1S/C12H23N3O/c1-4-7-15-11(5-6-14-15)12(16)9-13-8-10(2)3/h5-6,10,12-13,16H,4,7-9H2,1-3H3. The maximum absolute atomic E-state index is 10.0. The number of aliphatic hydroxyl groups is 1. The van der Waals surface area contributed by atoms with Gasteiger partial charge in [-0.3, -0.25) is 4.68 Å². The van der Waals surface area contributed by atoms with Crippen LogP contribution >= 0.6 is 0 Å². The van der Waals surface area contributed by atoms with Crippen LogP contribution in [0.3, 0.4) is 0 Å². The van der Waals surface area contributed by atoms with Crippen LogP contribution in [0.4, 0.5) is 0 Å². The van der Waals surface area contributed by atoms with Crippen molar-refractivity contribution >= 4 is 0 Å². The third-order valence-corrected chi connectivity index (χ3v) is 2.42. The van der Waals surface area contributed by atoms with E-state index < -0.39 is 6.10 Å². The van der Waals surface area contributed by atoms with Gasteiger partial charge in [-0.25, -0.2) is 0 Å². The molecular formula is C12H23N3O. The van der Waals surface area contributed by atoms with Crippen molar-refractivity contribution in [2.24, 2.45) is 5.92 Å². The van der Waals surface area contributed by atoms with Gasteiger partial charge < -0.3 is 10.4 Å². The molecule has 0 aromatic carbocycles. The Bertz CT molecular complexity index is 296. The van der Waals surface area contributed by atoms with Crippen molar-refractivity contribution < 1.29 is 5.11 Å². The Morgan fingerprint density at radius 1 is 1.44 bits per heavy atom. The topological polar surface area (TPSA) is 50.1 Å². The van der Waals surface area contributed by atoms with Gasteiger partial charge in [-0.05, 0) is 24.9 Å². The molecule has 0 radical (unpaired) electrons. The lowest BCUT2D eigenvalue weighted by Crippen LogP contribution is -2.26. The van der Waals surface area contributed by atoms with E-state index in [1.165, 1.54) is 0 Å². The van der Waals surface area contributed by atoms with Crippen molar-refractivity contribution in [1.82, 2.24) is 15.1 Å². The van der Waals surface area contributed by atoms with E-state index in [4.69, 9.17) is 0 Å². The quantitative estimate of drug-likeness (QED) is 0.740. The van der Waals surface area contributed by atoms with Gasteiger partial charge in [0.15, 0.2) is 0 Å². The average Bonchev–Trinajstić information content (AvgIpc) is 2.66. The second-order valence-corrected chi connectivity index (χ2v) is 4.55. The number of hydrogen-bond acceptors (Lipinski definition) is 3. The molecule has 4 nitrogen and oxygen atoms in total. The van der Waals surface area contributed by atoms with E-state index in [1.54, 1.807) is 6.20 Å². The SMILES string of the molecule is CCCn1nccc1C(O)CNCC(C)C. The second-order valence-electron chi connectivity index (χ2n) is 4.55. The molecule has 0 saturated heterocycles. The number of aryl methyl sites for hydroxylation is 1. The van der Waals surface area contributed by atoms with E-state index in [2.05, 4.69) is 31.2 Å². The zero-order chi connectivity index (χ0) is 12.0. The minimum Gasteiger partial charge on any atom is -0.385 e. The van der Waals surface area contributed by atoms with Gasteiger partial charge in [-0.15, -0.1) is 0 Å². The van der Waals surface area contributed by atoms with E-state index in [-0.39, 0.29) is 0 Å². The molecule has 0 saturated carbocycles. The molecule has 1 aromatic rings. The zero-order valence-corrected chi connectivity index (χ0v) is 10.5. The Hall–Kier alpha value is -0.870. The van der Waals surface area contributed by atoms with Gasteiger partial charge in [-0.1, -0.05) is 20.8 Å². The van der Waals surface area contributed by atoms with Gasteiger partial charge in [0.25, 0.3) is 0 Å². The highest BCUT2D eigenvalue weighted by Crippen LogP contribution is 2.11. The lowest BCUT2D eigenvalue weighted by molar-refractivity contribution is 0.162. The van der Waals surface area contributed by atoms with Crippen LogP contribution in [0.5, 0.6) is 0 Å². The molecule has 0 spiro atoms. The molecule has 4 heteroatoms. The summed E-state index contributed by atoms with van der Waals surface area (Å²) < 4.78 is 1.88. The van der Waals surface area contributed by atoms with Gasteiger partial charge in [0.2, 0.25) is 0 Å². The smallest absolute Gasteiger partial charge is 0.108 e. The summed E-state index contributed by atoms with van der Waals surface area (Å²) in [5.41, 5.74) is 0.901. The molecule has 0 aliphatic heterocycles. The van der Waals surface area contributed by atoms with Gasteiger partial charge >= 0.3 is 0 Å². The molecule has 1 heterocycles. The second kappa shape index (κ2) is 6.66. The number of nitrogens with one attached hydrogen (secondary N) is 1. The lowest BCUT2D eigenvalue weighted by Gasteiger charge is -2.14. The highest BCUT2D eigenvalue weighted by Gasteiger charge is 2.12. The fraction of sp³-hybridized carbons (Fsp3) is 0.750. The molecule has 92 valence electrons. The number of hydrogen-bond donors (Lipinski definition) is 2. The summed E-state index contributed by atoms with van der Waals surface area (Å²) >= 11 is 0. The summed E-state index contributed by atoms with van der Waals surface area (Å²) in [7, 11) is 0. The number of rotatable bonds is 7. The van der Waals surface area contributed by atoms with Crippen LogP contribution in [-0.4, -0.2) is 28.0 Å². The zero-order valence-electron chi connectivity index (χ0n) is 10.5. The number of aliphatic hydroxyl groups excluding tert-OH is 1. The summed E-state index contributed by atoms with van der Waals surface area (Å²) in [5.74, 6) is 0.604. The van der Waals surface area contributed by atoms with E-state index in [1.807, 2.05) is 10.7 Å². The third kappa shape index (κ3) is 3.94. The highest BCUT2D eigenvalue weighted by molar-refractivity contribution is 5.05. The van der Waals surface area contributed by atoms with Crippen LogP contribution in [0.25, 0.3) is 0 Å². The van der Waals surface area contributed by atoms with Crippen LogP contribution in [0, 0.1) is 5.92 Å². The summed E-state index contributed by atoms with van der Waals surface area (Å²) in [5, 5.41) is 17.5. The van der Waals surface area contributed by atoms with Crippen molar-refractivity contribution in [2.75, 3.05) is 13.1 Å². The Morgan fingerprint density at radius 2 is 2.19 bits per heavy atom. The maximum Gasteiger partial charge on any atom is 0.108 e. The van der Waals surface area contributed by atoms with Crippen molar-refractivity contribution in [1.29, 1.82) is 0 Å². The number of nitrogens with zero attached hydrogens (tertiary/aromatic N) is 2.